The van der Waals surface area contributed by atoms with E-state index in [2.05, 4.69) is 20.4 Å². The fourth-order valence-electron chi connectivity index (χ4n) is 4.06. The van der Waals surface area contributed by atoms with Crippen LogP contribution in [0.25, 0.3) is 0 Å². The number of hydrogen-bond acceptors (Lipinski definition) is 8. The van der Waals surface area contributed by atoms with Crippen molar-refractivity contribution in [3.05, 3.63) is 53.6 Å². The third-order valence-electron chi connectivity index (χ3n) is 6.02. The van der Waals surface area contributed by atoms with E-state index >= 15 is 0 Å². The number of amides is 1. The van der Waals surface area contributed by atoms with Gasteiger partial charge in [0.25, 0.3) is 0 Å². The van der Waals surface area contributed by atoms with Crippen LogP contribution in [0.5, 0.6) is 11.5 Å². The summed E-state index contributed by atoms with van der Waals surface area (Å²) in [6.45, 7) is 7.93. The molecule has 38 heavy (non-hydrogen) atoms. The first kappa shape index (κ1) is 27.1. The average molecular weight is 531 g/mol. The molecule has 0 spiro atoms. The highest BCUT2D eigenvalue weighted by Gasteiger charge is 2.28. The van der Waals surface area contributed by atoms with E-state index in [1.165, 1.54) is 32.5 Å². The van der Waals surface area contributed by atoms with Crippen LogP contribution in [0.1, 0.15) is 50.8 Å². The number of rotatable bonds is 7. The van der Waals surface area contributed by atoms with E-state index in [4.69, 9.17) is 14.2 Å². The second-order valence-electron chi connectivity index (χ2n) is 10.1. The number of ether oxygens (including phenoxy) is 3. The zero-order chi connectivity index (χ0) is 27.4. The monoisotopic (exact) mass is 530 g/mol. The molecule has 1 amide bonds. The molecule has 1 fully saturated rings. The fraction of sp³-hybridized carbons (Fsp3) is 0.462. The van der Waals surface area contributed by atoms with Crippen molar-refractivity contribution in [1.29, 1.82) is 0 Å². The third-order valence-corrected chi connectivity index (χ3v) is 6.02. The molecule has 3 heterocycles. The molecule has 0 unspecified atom stereocenters. The van der Waals surface area contributed by atoms with Gasteiger partial charge in [0.1, 0.15) is 18.0 Å². The molecule has 204 valence electrons. The van der Waals surface area contributed by atoms with Crippen LogP contribution in [0.4, 0.5) is 25.2 Å². The van der Waals surface area contributed by atoms with Gasteiger partial charge in [0.2, 0.25) is 5.95 Å². The molecule has 0 aliphatic carbocycles. The molecule has 3 aromatic rings. The van der Waals surface area contributed by atoms with Crippen molar-refractivity contribution in [2.45, 2.75) is 58.8 Å². The molecular formula is C26H32F2N6O4. The number of piperidine rings is 1. The van der Waals surface area contributed by atoms with Crippen LogP contribution in [0, 0.1) is 18.6 Å². The molecule has 1 N–H and O–H groups in total. The quantitative estimate of drug-likeness (QED) is 0.447. The van der Waals surface area contributed by atoms with Crippen molar-refractivity contribution < 1.29 is 27.8 Å². The second kappa shape index (κ2) is 11.2. The first-order valence-corrected chi connectivity index (χ1v) is 12.3. The summed E-state index contributed by atoms with van der Waals surface area (Å²) in [4.78, 5) is 22.4. The molecule has 1 aliphatic rings. The Morgan fingerprint density at radius 1 is 1.13 bits per heavy atom. The maximum atomic E-state index is 14.5. The molecule has 12 heteroatoms. The number of nitrogens with zero attached hydrogens (tertiary/aromatic N) is 5. The van der Waals surface area contributed by atoms with E-state index in [1.54, 1.807) is 11.1 Å². The number of nitrogens with one attached hydrogen (secondary N) is 1. The lowest BCUT2D eigenvalue weighted by Crippen LogP contribution is -2.42. The third kappa shape index (κ3) is 6.48. The molecular weight excluding hydrogens is 498 g/mol. The highest BCUT2D eigenvalue weighted by Crippen LogP contribution is 2.28. The van der Waals surface area contributed by atoms with E-state index in [9.17, 15) is 13.6 Å². The van der Waals surface area contributed by atoms with Crippen LogP contribution < -0.4 is 14.8 Å². The van der Waals surface area contributed by atoms with Gasteiger partial charge in [-0.1, -0.05) is 0 Å². The number of anilines is 2. The Labute approximate surface area is 219 Å². The minimum atomic E-state index is -0.803. The zero-order valence-corrected chi connectivity index (χ0v) is 22.1. The van der Waals surface area contributed by atoms with Crippen LogP contribution in [0.15, 0.2) is 30.9 Å². The van der Waals surface area contributed by atoms with Crippen molar-refractivity contribution >= 4 is 17.7 Å². The number of methoxy groups -OCH3 is 1. The van der Waals surface area contributed by atoms with Gasteiger partial charge in [0, 0.05) is 19.3 Å². The lowest BCUT2D eigenvalue weighted by Gasteiger charge is -2.33. The highest BCUT2D eigenvalue weighted by atomic mass is 19.1. The largest absolute Gasteiger partial charge is 0.494 e. The van der Waals surface area contributed by atoms with Crippen LogP contribution in [0.3, 0.4) is 0 Å². The van der Waals surface area contributed by atoms with Crippen molar-refractivity contribution in [1.82, 2.24) is 24.6 Å². The Bertz CT molecular complexity index is 1270. The fourth-order valence-corrected chi connectivity index (χ4v) is 4.06. The number of hydrogen-bond donors (Lipinski definition) is 1. The van der Waals surface area contributed by atoms with Gasteiger partial charge in [-0.25, -0.2) is 23.5 Å². The summed E-state index contributed by atoms with van der Waals surface area (Å²) in [6.07, 6.45) is 7.58. The maximum Gasteiger partial charge on any atom is 0.410 e. The standard InChI is InChI=1S/C26H32F2N6O4/c1-16-10-21(36-5)23(28)20(22(16)27)15-37-19-12-29-24(30-13-19)32-17-11-31-34(14-17)18-6-8-33(9-7-18)25(35)38-26(2,3)4/h10-14,18H,6-9,15H2,1-5H3,(H,29,30,32). The van der Waals surface area contributed by atoms with Gasteiger partial charge >= 0.3 is 6.09 Å². The van der Waals surface area contributed by atoms with Crippen LogP contribution in [-0.4, -0.2) is 56.5 Å². The van der Waals surface area contributed by atoms with E-state index < -0.39 is 17.2 Å². The summed E-state index contributed by atoms with van der Waals surface area (Å²) in [5.74, 6) is -0.974. The Morgan fingerprint density at radius 2 is 1.82 bits per heavy atom. The molecule has 1 aromatic carbocycles. The molecule has 4 rings (SSSR count). The van der Waals surface area contributed by atoms with Crippen molar-refractivity contribution in [3.63, 3.8) is 0 Å². The summed E-state index contributed by atoms with van der Waals surface area (Å²) >= 11 is 0. The smallest absolute Gasteiger partial charge is 0.410 e. The van der Waals surface area contributed by atoms with Crippen LogP contribution in [0.2, 0.25) is 0 Å². The predicted octanol–water partition coefficient (Wildman–Crippen LogP) is 5.16. The number of carbonyl (C=O) groups is 1. The zero-order valence-electron chi connectivity index (χ0n) is 22.1. The van der Waals surface area contributed by atoms with Crippen molar-refractivity contribution in [2.24, 2.45) is 0 Å². The normalized spacial score (nSPS) is 14.3. The van der Waals surface area contributed by atoms with Gasteiger partial charge in [-0.2, -0.15) is 5.10 Å². The number of halogens is 2. The van der Waals surface area contributed by atoms with E-state index in [1.807, 2.05) is 31.6 Å². The summed E-state index contributed by atoms with van der Waals surface area (Å²) in [7, 11) is 1.32. The van der Waals surface area contributed by atoms with Gasteiger partial charge in [-0.15, -0.1) is 0 Å². The molecule has 10 nitrogen and oxygen atoms in total. The van der Waals surface area contributed by atoms with Gasteiger partial charge in [-0.05, 0) is 52.2 Å². The molecule has 0 saturated carbocycles. The number of carbonyl (C=O) groups excluding carboxylic acids is 1. The number of likely N-dealkylation sites (tertiary alicyclic amines) is 1. The number of benzene rings is 1. The van der Waals surface area contributed by atoms with Gasteiger partial charge < -0.3 is 24.4 Å². The van der Waals surface area contributed by atoms with Gasteiger partial charge in [0.15, 0.2) is 17.3 Å². The predicted molar refractivity (Wildman–Crippen MR) is 136 cm³/mol. The minimum absolute atomic E-state index is 0.0487. The number of aryl methyl sites for hydroxylation is 1. The first-order chi connectivity index (χ1) is 18.0. The van der Waals surface area contributed by atoms with Crippen molar-refractivity contribution in [3.8, 4) is 11.5 Å². The van der Waals surface area contributed by atoms with Crippen LogP contribution >= 0.6 is 0 Å². The Balaban J connectivity index is 1.30. The molecule has 0 bridgehead atoms. The summed E-state index contributed by atoms with van der Waals surface area (Å²) in [5, 5.41) is 7.52. The van der Waals surface area contributed by atoms with Crippen LogP contribution in [-0.2, 0) is 11.3 Å². The Hall–Kier alpha value is -3.96. The second-order valence-corrected chi connectivity index (χ2v) is 10.1. The Morgan fingerprint density at radius 3 is 2.45 bits per heavy atom. The van der Waals surface area contributed by atoms with E-state index in [0.29, 0.717) is 24.7 Å². The van der Waals surface area contributed by atoms with E-state index in [0.717, 1.165) is 12.8 Å². The SMILES string of the molecule is COc1cc(C)c(F)c(COc2cnc(Nc3cnn(C4CCN(C(=O)OC(C)(C)C)CC4)c3)nc2)c1F. The first-order valence-electron chi connectivity index (χ1n) is 12.3. The highest BCUT2D eigenvalue weighted by molar-refractivity contribution is 5.68. The topological polar surface area (TPSA) is 104 Å². The lowest BCUT2D eigenvalue weighted by molar-refractivity contribution is 0.0185. The lowest BCUT2D eigenvalue weighted by atomic mass is 10.1. The van der Waals surface area contributed by atoms with Gasteiger partial charge in [-0.3, -0.25) is 4.68 Å². The van der Waals surface area contributed by atoms with Gasteiger partial charge in [0.05, 0.1) is 43.0 Å². The average Bonchev–Trinajstić information content (AvgIpc) is 3.34. The Kier molecular flexibility index (Phi) is 7.98. The van der Waals surface area contributed by atoms with Crippen molar-refractivity contribution in [2.75, 3.05) is 25.5 Å². The maximum absolute atomic E-state index is 14.5. The number of aromatic nitrogens is 4. The summed E-state index contributed by atoms with van der Waals surface area (Å²) < 4.78 is 46.6. The molecule has 0 radical (unpaired) electrons. The molecule has 2 aromatic heterocycles. The summed E-state index contributed by atoms with van der Waals surface area (Å²) in [6, 6.07) is 1.45. The molecule has 1 aliphatic heterocycles. The molecule has 1 saturated heterocycles. The summed E-state index contributed by atoms with van der Waals surface area (Å²) in [5.41, 5.74) is 0.206. The minimum Gasteiger partial charge on any atom is -0.494 e. The molecule has 0 atom stereocenters. The van der Waals surface area contributed by atoms with E-state index in [-0.39, 0.29) is 41.4 Å².